The molecule has 1 aliphatic heterocycles. The number of aromatic amines is 1. The fraction of sp³-hybridized carbons (Fsp3) is 0.250. The van der Waals surface area contributed by atoms with Crippen molar-refractivity contribution < 1.29 is 4.42 Å². The maximum atomic E-state index is 6.17. The Morgan fingerprint density at radius 2 is 1.82 bits per heavy atom. The summed E-state index contributed by atoms with van der Waals surface area (Å²) in [7, 11) is 0. The van der Waals surface area contributed by atoms with Gasteiger partial charge in [-0.15, -0.1) is 0 Å². The van der Waals surface area contributed by atoms with E-state index in [4.69, 9.17) is 4.42 Å². The van der Waals surface area contributed by atoms with E-state index in [0.717, 1.165) is 33.4 Å². The summed E-state index contributed by atoms with van der Waals surface area (Å²) in [5, 5.41) is 3.46. The molecule has 0 aliphatic carbocycles. The number of aromatic nitrogens is 2. The standard InChI is InChI=1S/C28H28N4O/c1-17-10-13-23-25(21-12-11-18(2)29-27(21)33-23)26(17)28(4,5)32-15-14-31(19(32)3)24-16-20-8-6-7-9-22(20)30-24/h6-16,19,30H,1-5H3. The Bertz CT molecular complexity index is 1520. The Hall–Kier alpha value is -3.73. The number of benzene rings is 2. The third-order valence-electron chi connectivity index (χ3n) is 7.10. The molecule has 0 saturated carbocycles. The summed E-state index contributed by atoms with van der Waals surface area (Å²) in [6.45, 7) is 11.0. The Balaban J connectivity index is 1.45. The van der Waals surface area contributed by atoms with Gasteiger partial charge >= 0.3 is 0 Å². The van der Waals surface area contributed by atoms with Crippen molar-refractivity contribution in [3.8, 4) is 0 Å². The molecule has 0 spiro atoms. The number of nitrogens with zero attached hydrogens (tertiary/aromatic N) is 3. The highest BCUT2D eigenvalue weighted by molar-refractivity contribution is 6.06. The fourth-order valence-electron chi connectivity index (χ4n) is 5.52. The van der Waals surface area contributed by atoms with Crippen LogP contribution >= 0.6 is 0 Å². The smallest absolute Gasteiger partial charge is 0.227 e. The molecule has 1 N–H and O–H groups in total. The molecule has 33 heavy (non-hydrogen) atoms. The van der Waals surface area contributed by atoms with Crippen LogP contribution in [0.5, 0.6) is 0 Å². The lowest BCUT2D eigenvalue weighted by Gasteiger charge is -2.42. The Morgan fingerprint density at radius 1 is 1.00 bits per heavy atom. The molecule has 0 amide bonds. The zero-order chi connectivity index (χ0) is 22.9. The molecule has 0 saturated heterocycles. The fourth-order valence-corrected chi connectivity index (χ4v) is 5.52. The van der Waals surface area contributed by atoms with Gasteiger partial charge in [0.15, 0.2) is 0 Å². The van der Waals surface area contributed by atoms with Crippen molar-refractivity contribution in [2.45, 2.75) is 46.3 Å². The number of hydrogen-bond donors (Lipinski definition) is 1. The van der Waals surface area contributed by atoms with Crippen LogP contribution in [0.25, 0.3) is 33.0 Å². The monoisotopic (exact) mass is 436 g/mol. The van der Waals surface area contributed by atoms with Crippen molar-refractivity contribution in [1.82, 2.24) is 14.9 Å². The highest BCUT2D eigenvalue weighted by Crippen LogP contribution is 2.43. The van der Waals surface area contributed by atoms with Crippen molar-refractivity contribution in [3.63, 3.8) is 0 Å². The Labute approximate surface area is 193 Å². The molecule has 1 unspecified atom stereocenters. The Morgan fingerprint density at radius 3 is 2.64 bits per heavy atom. The van der Waals surface area contributed by atoms with Crippen LogP contribution in [0.3, 0.4) is 0 Å². The van der Waals surface area contributed by atoms with Crippen molar-refractivity contribution in [2.24, 2.45) is 0 Å². The first-order valence-electron chi connectivity index (χ1n) is 11.5. The first-order valence-corrected chi connectivity index (χ1v) is 11.5. The van der Waals surface area contributed by atoms with Gasteiger partial charge in [0.2, 0.25) is 5.71 Å². The molecule has 5 aromatic rings. The van der Waals surface area contributed by atoms with E-state index in [9.17, 15) is 0 Å². The van der Waals surface area contributed by atoms with Gasteiger partial charge in [-0.2, -0.15) is 0 Å². The number of anilines is 1. The number of hydrogen-bond acceptors (Lipinski definition) is 4. The predicted octanol–water partition coefficient (Wildman–Crippen LogP) is 6.95. The lowest BCUT2D eigenvalue weighted by molar-refractivity contribution is 0.153. The molecule has 4 heterocycles. The molecule has 5 nitrogen and oxygen atoms in total. The van der Waals surface area contributed by atoms with Gasteiger partial charge in [0.05, 0.1) is 5.54 Å². The topological polar surface area (TPSA) is 48.3 Å². The molecular weight excluding hydrogens is 408 g/mol. The lowest BCUT2D eigenvalue weighted by Crippen LogP contribution is -2.46. The van der Waals surface area contributed by atoms with Crippen LogP contribution in [0, 0.1) is 13.8 Å². The summed E-state index contributed by atoms with van der Waals surface area (Å²) in [4.78, 5) is 12.9. The molecule has 2 aromatic carbocycles. The van der Waals surface area contributed by atoms with Gasteiger partial charge in [0, 0.05) is 39.8 Å². The average molecular weight is 437 g/mol. The second-order valence-electron chi connectivity index (χ2n) is 9.58. The normalized spacial score (nSPS) is 16.7. The number of pyridine rings is 1. The molecule has 1 atom stereocenters. The molecule has 3 aromatic heterocycles. The van der Waals surface area contributed by atoms with Crippen LogP contribution in [-0.2, 0) is 5.54 Å². The quantitative estimate of drug-likeness (QED) is 0.332. The van der Waals surface area contributed by atoms with Gasteiger partial charge < -0.3 is 19.2 Å². The largest absolute Gasteiger partial charge is 0.438 e. The van der Waals surface area contributed by atoms with Crippen molar-refractivity contribution in [2.75, 3.05) is 4.90 Å². The Kier molecular flexibility index (Phi) is 4.15. The summed E-state index contributed by atoms with van der Waals surface area (Å²) in [5.41, 5.74) is 5.96. The summed E-state index contributed by atoms with van der Waals surface area (Å²) in [6.07, 6.45) is 4.52. The van der Waals surface area contributed by atoms with E-state index in [0.29, 0.717) is 5.71 Å². The summed E-state index contributed by atoms with van der Waals surface area (Å²) in [6, 6.07) is 19.1. The molecule has 166 valence electrons. The van der Waals surface area contributed by atoms with E-state index in [1.165, 1.54) is 16.5 Å². The van der Waals surface area contributed by atoms with E-state index >= 15 is 0 Å². The lowest BCUT2D eigenvalue weighted by atomic mass is 9.85. The van der Waals surface area contributed by atoms with Gasteiger partial charge in [0.1, 0.15) is 17.6 Å². The van der Waals surface area contributed by atoms with E-state index in [1.54, 1.807) is 0 Å². The van der Waals surface area contributed by atoms with Gasteiger partial charge in [-0.25, -0.2) is 4.98 Å². The molecular formula is C28H28N4O. The number of H-pyrrole nitrogens is 1. The first-order chi connectivity index (χ1) is 15.8. The number of furan rings is 1. The maximum absolute atomic E-state index is 6.17. The minimum Gasteiger partial charge on any atom is -0.438 e. The van der Waals surface area contributed by atoms with Gasteiger partial charge in [-0.3, -0.25) is 0 Å². The van der Waals surface area contributed by atoms with Gasteiger partial charge in [-0.1, -0.05) is 24.3 Å². The summed E-state index contributed by atoms with van der Waals surface area (Å²) < 4.78 is 6.17. The second kappa shape index (κ2) is 6.88. The number of para-hydroxylation sites is 1. The number of fused-ring (bicyclic) bond motifs is 4. The summed E-state index contributed by atoms with van der Waals surface area (Å²) >= 11 is 0. The molecule has 0 bridgehead atoms. The van der Waals surface area contributed by atoms with Crippen molar-refractivity contribution in [1.29, 1.82) is 0 Å². The second-order valence-corrected chi connectivity index (χ2v) is 9.58. The van der Waals surface area contributed by atoms with E-state index in [-0.39, 0.29) is 11.7 Å². The molecule has 5 heteroatoms. The molecule has 0 radical (unpaired) electrons. The number of nitrogens with one attached hydrogen (secondary N) is 1. The maximum Gasteiger partial charge on any atom is 0.227 e. The van der Waals surface area contributed by atoms with Gasteiger partial charge in [-0.05, 0) is 76.1 Å². The van der Waals surface area contributed by atoms with Crippen molar-refractivity contribution >= 4 is 38.8 Å². The zero-order valence-corrected chi connectivity index (χ0v) is 19.7. The highest BCUT2D eigenvalue weighted by Gasteiger charge is 2.38. The minimum absolute atomic E-state index is 0.140. The van der Waals surface area contributed by atoms with E-state index in [1.807, 2.05) is 6.92 Å². The minimum atomic E-state index is -0.276. The van der Waals surface area contributed by atoms with Crippen LogP contribution < -0.4 is 4.90 Å². The highest BCUT2D eigenvalue weighted by atomic mass is 16.3. The van der Waals surface area contributed by atoms with Crippen LogP contribution in [0.2, 0.25) is 0 Å². The van der Waals surface area contributed by atoms with Crippen LogP contribution in [0.4, 0.5) is 5.82 Å². The van der Waals surface area contributed by atoms with E-state index < -0.39 is 0 Å². The molecule has 0 fully saturated rings. The molecule has 6 rings (SSSR count). The first kappa shape index (κ1) is 19.9. The van der Waals surface area contributed by atoms with Gasteiger partial charge in [0.25, 0.3) is 0 Å². The average Bonchev–Trinajstić information content (AvgIpc) is 3.47. The molecule has 1 aliphatic rings. The third-order valence-corrected chi connectivity index (χ3v) is 7.10. The predicted molar refractivity (Wildman–Crippen MR) is 135 cm³/mol. The summed E-state index contributed by atoms with van der Waals surface area (Å²) in [5.74, 6) is 1.10. The van der Waals surface area contributed by atoms with Crippen molar-refractivity contribution in [3.05, 3.63) is 83.8 Å². The zero-order valence-electron chi connectivity index (χ0n) is 19.7. The third kappa shape index (κ3) is 2.88. The van der Waals surface area contributed by atoms with Crippen LogP contribution in [0.15, 0.2) is 71.4 Å². The van der Waals surface area contributed by atoms with E-state index in [2.05, 4.69) is 114 Å². The SMILES string of the molecule is Cc1ccc2c(n1)oc1ccc(C)c(C(C)(C)N3C=CN(c4cc5ccccc5[nH]4)C3C)c12. The number of aryl methyl sites for hydroxylation is 2. The number of rotatable bonds is 3. The van der Waals surface area contributed by atoms with Crippen LogP contribution in [0.1, 0.15) is 37.6 Å². The van der Waals surface area contributed by atoms with Crippen LogP contribution in [-0.4, -0.2) is 21.0 Å².